The highest BCUT2D eigenvalue weighted by molar-refractivity contribution is 6.34. The molecule has 2 aromatic rings. The molecule has 3 rings (SSSR count). The van der Waals surface area contributed by atoms with E-state index in [1.54, 1.807) is 0 Å². The van der Waals surface area contributed by atoms with Crippen molar-refractivity contribution in [1.29, 1.82) is 0 Å². The number of halogens is 2. The van der Waals surface area contributed by atoms with Crippen LogP contribution in [0.4, 0.5) is 14.9 Å². The predicted molar refractivity (Wildman–Crippen MR) is 74.1 cm³/mol. The van der Waals surface area contributed by atoms with Crippen LogP contribution >= 0.6 is 11.6 Å². The molecule has 1 saturated carbocycles. The molecule has 0 atom stereocenters. The van der Waals surface area contributed by atoms with Gasteiger partial charge < -0.3 is 20.2 Å². The van der Waals surface area contributed by atoms with Gasteiger partial charge in [-0.2, -0.15) is 0 Å². The van der Waals surface area contributed by atoms with Gasteiger partial charge in [-0.05, 0) is 18.9 Å². The van der Waals surface area contributed by atoms with E-state index < -0.39 is 17.4 Å². The van der Waals surface area contributed by atoms with E-state index in [0.717, 1.165) is 19.0 Å². The topological polar surface area (TPSA) is 94.4 Å². The third kappa shape index (κ3) is 2.52. The highest BCUT2D eigenvalue weighted by Gasteiger charge is 2.27. The molecular formula is C13H10ClFN2O4. The van der Waals surface area contributed by atoms with Crippen molar-refractivity contribution in [2.45, 2.75) is 18.9 Å². The monoisotopic (exact) mass is 312 g/mol. The van der Waals surface area contributed by atoms with Gasteiger partial charge in [0.1, 0.15) is 6.10 Å². The van der Waals surface area contributed by atoms with E-state index in [0.29, 0.717) is 0 Å². The number of pyridine rings is 1. The Hall–Kier alpha value is -2.28. The van der Waals surface area contributed by atoms with Crippen molar-refractivity contribution in [1.82, 2.24) is 4.98 Å². The highest BCUT2D eigenvalue weighted by Crippen LogP contribution is 2.28. The Kier molecular flexibility index (Phi) is 3.21. The summed E-state index contributed by atoms with van der Waals surface area (Å²) in [7, 11) is 0. The van der Waals surface area contributed by atoms with Crippen LogP contribution in [-0.4, -0.2) is 17.2 Å². The quantitative estimate of drug-likeness (QED) is 0.656. The molecule has 0 amide bonds. The zero-order valence-corrected chi connectivity index (χ0v) is 11.4. The van der Waals surface area contributed by atoms with Crippen molar-refractivity contribution in [3.05, 3.63) is 33.3 Å². The van der Waals surface area contributed by atoms with Gasteiger partial charge in [0.15, 0.2) is 11.6 Å². The molecule has 1 fully saturated rings. The summed E-state index contributed by atoms with van der Waals surface area (Å²) in [6.45, 7) is 0. The maximum Gasteiger partial charge on any atom is 0.514 e. The maximum atomic E-state index is 13.9. The number of nitrogens with two attached hydrogens (primary N) is 1. The van der Waals surface area contributed by atoms with Gasteiger partial charge in [0.05, 0.1) is 21.6 Å². The van der Waals surface area contributed by atoms with Crippen LogP contribution in [0, 0.1) is 5.82 Å². The Morgan fingerprint density at radius 2 is 2.19 bits per heavy atom. The van der Waals surface area contributed by atoms with Crippen LogP contribution < -0.4 is 15.9 Å². The average molecular weight is 313 g/mol. The molecule has 1 aromatic carbocycles. The molecule has 1 heterocycles. The predicted octanol–water partition coefficient (Wildman–Crippen LogP) is 2.58. The van der Waals surface area contributed by atoms with Crippen molar-refractivity contribution < 1.29 is 18.7 Å². The number of hydrogen-bond donors (Lipinski definition) is 2. The minimum atomic E-state index is -0.968. The van der Waals surface area contributed by atoms with Crippen LogP contribution in [0.3, 0.4) is 0 Å². The number of anilines is 1. The van der Waals surface area contributed by atoms with Crippen molar-refractivity contribution in [2.75, 3.05) is 5.73 Å². The molecule has 0 saturated heterocycles. The number of ether oxygens (including phenoxy) is 2. The fourth-order valence-corrected chi connectivity index (χ4v) is 1.99. The number of rotatable bonds is 2. The van der Waals surface area contributed by atoms with Crippen molar-refractivity contribution in [3.63, 3.8) is 0 Å². The number of H-pyrrole nitrogens is 1. The van der Waals surface area contributed by atoms with Crippen LogP contribution in [0.2, 0.25) is 5.02 Å². The number of fused-ring (bicyclic) bond motifs is 1. The van der Waals surface area contributed by atoms with Gasteiger partial charge in [0.25, 0.3) is 0 Å². The Labute approximate surface area is 122 Å². The second-order valence-corrected chi connectivity index (χ2v) is 5.07. The third-order valence-electron chi connectivity index (χ3n) is 3.05. The normalized spacial score (nSPS) is 14.2. The third-order valence-corrected chi connectivity index (χ3v) is 3.36. The van der Waals surface area contributed by atoms with E-state index in [1.807, 2.05) is 0 Å². The smallest absolute Gasteiger partial charge is 0.431 e. The second kappa shape index (κ2) is 4.92. The van der Waals surface area contributed by atoms with Crippen LogP contribution in [-0.2, 0) is 4.74 Å². The fraction of sp³-hybridized carbons (Fsp3) is 0.231. The maximum absolute atomic E-state index is 13.9. The molecule has 3 N–H and O–H groups in total. The van der Waals surface area contributed by atoms with E-state index in [-0.39, 0.29) is 33.5 Å². The number of nitrogen functional groups attached to an aromatic ring is 1. The van der Waals surface area contributed by atoms with Gasteiger partial charge in [-0.3, -0.25) is 4.79 Å². The zero-order chi connectivity index (χ0) is 15.1. The largest absolute Gasteiger partial charge is 0.514 e. The molecule has 6 nitrogen and oxygen atoms in total. The summed E-state index contributed by atoms with van der Waals surface area (Å²) in [5.41, 5.74) is 4.39. The summed E-state index contributed by atoms with van der Waals surface area (Å²) >= 11 is 5.75. The Morgan fingerprint density at radius 3 is 2.86 bits per heavy atom. The molecular weight excluding hydrogens is 303 g/mol. The first kappa shape index (κ1) is 13.7. The molecule has 0 spiro atoms. The van der Waals surface area contributed by atoms with Gasteiger partial charge in [-0.25, -0.2) is 9.18 Å². The lowest BCUT2D eigenvalue weighted by Gasteiger charge is -2.07. The van der Waals surface area contributed by atoms with E-state index in [9.17, 15) is 14.0 Å². The summed E-state index contributed by atoms with van der Waals surface area (Å²) < 4.78 is 23.6. The Bertz CT molecular complexity index is 801. The average Bonchev–Trinajstić information content (AvgIpc) is 3.24. The first-order valence-corrected chi connectivity index (χ1v) is 6.52. The molecule has 110 valence electrons. The molecule has 1 aliphatic rings. The van der Waals surface area contributed by atoms with Crippen LogP contribution in [0.1, 0.15) is 12.8 Å². The molecule has 0 bridgehead atoms. The summed E-state index contributed by atoms with van der Waals surface area (Å²) in [4.78, 5) is 26.1. The van der Waals surface area contributed by atoms with Gasteiger partial charge in [-0.1, -0.05) is 11.6 Å². The molecule has 21 heavy (non-hydrogen) atoms. The summed E-state index contributed by atoms with van der Waals surface area (Å²) in [5, 5.41) is -0.161. The van der Waals surface area contributed by atoms with Crippen molar-refractivity contribution in [2.24, 2.45) is 0 Å². The number of aromatic amines is 1. The van der Waals surface area contributed by atoms with Crippen LogP contribution in [0.15, 0.2) is 17.1 Å². The molecule has 1 aromatic heterocycles. The highest BCUT2D eigenvalue weighted by atomic mass is 35.5. The number of carbonyl (C=O) groups is 1. The zero-order valence-electron chi connectivity index (χ0n) is 10.6. The minimum Gasteiger partial charge on any atom is -0.431 e. The van der Waals surface area contributed by atoms with E-state index >= 15 is 0 Å². The van der Waals surface area contributed by atoms with Crippen molar-refractivity contribution in [3.8, 4) is 5.75 Å². The minimum absolute atomic E-state index is 0.0663. The number of nitrogens with one attached hydrogen (secondary N) is 1. The summed E-state index contributed by atoms with van der Waals surface area (Å²) in [5.74, 6) is -1.13. The van der Waals surface area contributed by atoms with E-state index in [4.69, 9.17) is 26.8 Å². The number of hydrogen-bond acceptors (Lipinski definition) is 5. The molecule has 8 heteroatoms. The molecule has 1 aliphatic carbocycles. The number of aromatic nitrogens is 1. The van der Waals surface area contributed by atoms with Gasteiger partial charge in [0, 0.05) is 6.20 Å². The lowest BCUT2D eigenvalue weighted by molar-refractivity contribution is 0.0921. The van der Waals surface area contributed by atoms with Crippen molar-refractivity contribution >= 4 is 34.3 Å². The molecule has 0 unspecified atom stereocenters. The summed E-state index contributed by atoms with van der Waals surface area (Å²) in [6, 6.07) is 1.22. The lowest BCUT2D eigenvalue weighted by atomic mass is 10.2. The molecule has 0 aliphatic heterocycles. The lowest BCUT2D eigenvalue weighted by Crippen LogP contribution is -2.17. The number of benzene rings is 1. The first-order valence-electron chi connectivity index (χ1n) is 6.14. The van der Waals surface area contributed by atoms with Gasteiger partial charge in [0.2, 0.25) is 5.43 Å². The first-order chi connectivity index (χ1) is 9.97. The molecule has 0 radical (unpaired) electrons. The van der Waals surface area contributed by atoms with E-state index in [1.165, 1.54) is 6.07 Å². The fourth-order valence-electron chi connectivity index (χ4n) is 1.80. The van der Waals surface area contributed by atoms with Crippen LogP contribution in [0.25, 0.3) is 10.9 Å². The Morgan fingerprint density at radius 1 is 1.48 bits per heavy atom. The number of carbonyl (C=O) groups excluding carboxylic acids is 1. The van der Waals surface area contributed by atoms with E-state index in [2.05, 4.69) is 4.98 Å². The second-order valence-electron chi connectivity index (χ2n) is 4.66. The Balaban J connectivity index is 2.01. The van der Waals surface area contributed by atoms with Crippen LogP contribution in [0.5, 0.6) is 5.75 Å². The SMILES string of the molecule is Nc1c(Cl)cc2c(=O)c(OC(=O)OC3CC3)c[nH]c2c1F. The van der Waals surface area contributed by atoms with Gasteiger partial charge in [-0.15, -0.1) is 0 Å². The standard InChI is InChI=1S/C13H10ClFN2O4/c14-7-3-6-11(9(15)10(7)16)17-4-8(12(6)18)21-13(19)20-5-1-2-5/h3-5H,1-2,16H2,(H,17,18). The van der Waals surface area contributed by atoms with Gasteiger partial charge >= 0.3 is 6.16 Å². The summed E-state index contributed by atoms with van der Waals surface area (Å²) in [6.07, 6.45) is 1.52.